The van der Waals surface area contributed by atoms with Crippen molar-refractivity contribution in [2.75, 3.05) is 13.1 Å². The Bertz CT molecular complexity index is 478. The van der Waals surface area contributed by atoms with Crippen molar-refractivity contribution in [3.8, 4) is 0 Å². The van der Waals surface area contributed by atoms with Crippen LogP contribution in [0, 0.1) is 0 Å². The van der Waals surface area contributed by atoms with Crippen molar-refractivity contribution in [1.29, 1.82) is 0 Å². The topological polar surface area (TPSA) is 88.3 Å². The molecule has 7 nitrogen and oxygen atoms in total. The normalized spacial score (nSPS) is 16.3. The fourth-order valence-electron chi connectivity index (χ4n) is 2.50. The molecule has 0 radical (unpaired) electrons. The summed E-state index contributed by atoms with van der Waals surface area (Å²) in [4.78, 5) is 24.7. The van der Waals surface area contributed by atoms with Gasteiger partial charge in [-0.05, 0) is 12.8 Å². The van der Waals surface area contributed by atoms with E-state index in [1.807, 2.05) is 4.90 Å². The van der Waals surface area contributed by atoms with E-state index in [4.69, 9.17) is 5.11 Å². The van der Waals surface area contributed by atoms with Gasteiger partial charge in [0.15, 0.2) is 0 Å². The molecule has 1 aromatic heterocycles. The molecule has 1 saturated heterocycles. The Labute approximate surface area is 123 Å². The monoisotopic (exact) mass is 294 g/mol. The number of carboxylic acids is 1. The number of carbonyl (C=O) groups excluding carboxylic acids is 1. The summed E-state index contributed by atoms with van der Waals surface area (Å²) in [5.74, 6) is -0.798. The van der Waals surface area contributed by atoms with E-state index in [0.29, 0.717) is 12.1 Å². The third kappa shape index (κ3) is 5.17. The Kier molecular flexibility index (Phi) is 5.71. The zero-order valence-electron chi connectivity index (χ0n) is 12.2. The average molecular weight is 294 g/mol. The maximum absolute atomic E-state index is 12.3. The summed E-state index contributed by atoms with van der Waals surface area (Å²) in [5.41, 5.74) is 0.609. The van der Waals surface area contributed by atoms with Crippen molar-refractivity contribution >= 4 is 11.9 Å². The molecule has 0 aliphatic carbocycles. The number of amides is 1. The fourth-order valence-corrected chi connectivity index (χ4v) is 2.50. The first-order chi connectivity index (χ1) is 10.1. The van der Waals surface area contributed by atoms with Gasteiger partial charge in [0.2, 0.25) is 5.91 Å². The Morgan fingerprint density at radius 2 is 1.81 bits per heavy atom. The number of hydrogen-bond donors (Lipinski definition) is 1. The van der Waals surface area contributed by atoms with Gasteiger partial charge in [-0.1, -0.05) is 24.5 Å². The SMILES string of the molecule is O=C(O)CCc1cn(CC(=O)N2CCCCCCC2)nn1. The van der Waals surface area contributed by atoms with Crippen LogP contribution in [0.15, 0.2) is 6.20 Å². The number of aromatic nitrogens is 3. The van der Waals surface area contributed by atoms with Crippen molar-refractivity contribution < 1.29 is 14.7 Å². The van der Waals surface area contributed by atoms with Crippen LogP contribution in [-0.2, 0) is 22.6 Å². The smallest absolute Gasteiger partial charge is 0.303 e. The van der Waals surface area contributed by atoms with Gasteiger partial charge in [-0.3, -0.25) is 9.59 Å². The molecule has 1 aromatic rings. The van der Waals surface area contributed by atoms with Gasteiger partial charge in [-0.25, -0.2) is 4.68 Å². The quantitative estimate of drug-likeness (QED) is 0.878. The van der Waals surface area contributed by atoms with Crippen molar-refractivity contribution in [1.82, 2.24) is 19.9 Å². The van der Waals surface area contributed by atoms with E-state index >= 15 is 0 Å². The Morgan fingerprint density at radius 3 is 2.48 bits per heavy atom. The van der Waals surface area contributed by atoms with E-state index in [1.54, 1.807) is 6.20 Å². The summed E-state index contributed by atoms with van der Waals surface area (Å²) in [7, 11) is 0. The molecule has 1 aliphatic heterocycles. The number of aliphatic carboxylic acids is 1. The highest BCUT2D eigenvalue weighted by atomic mass is 16.4. The number of rotatable bonds is 5. The molecule has 0 bridgehead atoms. The Balaban J connectivity index is 1.85. The lowest BCUT2D eigenvalue weighted by Crippen LogP contribution is -2.36. The minimum atomic E-state index is -0.860. The second kappa shape index (κ2) is 7.75. The molecule has 0 atom stereocenters. The van der Waals surface area contributed by atoms with Crippen LogP contribution in [0.25, 0.3) is 0 Å². The summed E-state index contributed by atoms with van der Waals surface area (Å²) in [6.07, 6.45) is 7.79. The van der Waals surface area contributed by atoms with Crippen LogP contribution in [0.2, 0.25) is 0 Å². The highest BCUT2D eigenvalue weighted by molar-refractivity contribution is 5.75. The highest BCUT2D eigenvalue weighted by Crippen LogP contribution is 2.11. The van der Waals surface area contributed by atoms with Gasteiger partial charge in [-0.15, -0.1) is 5.10 Å². The van der Waals surface area contributed by atoms with E-state index in [-0.39, 0.29) is 18.9 Å². The van der Waals surface area contributed by atoms with Crippen molar-refractivity contribution in [3.05, 3.63) is 11.9 Å². The van der Waals surface area contributed by atoms with Gasteiger partial charge < -0.3 is 10.0 Å². The Hall–Kier alpha value is -1.92. The molecule has 1 amide bonds. The van der Waals surface area contributed by atoms with Crippen LogP contribution in [0.5, 0.6) is 0 Å². The minimum Gasteiger partial charge on any atom is -0.481 e. The van der Waals surface area contributed by atoms with Gasteiger partial charge >= 0.3 is 5.97 Å². The molecule has 7 heteroatoms. The third-order valence-electron chi connectivity index (χ3n) is 3.69. The second-order valence-electron chi connectivity index (χ2n) is 5.45. The van der Waals surface area contributed by atoms with E-state index in [1.165, 1.54) is 23.9 Å². The van der Waals surface area contributed by atoms with Gasteiger partial charge in [0.1, 0.15) is 6.54 Å². The van der Waals surface area contributed by atoms with Crippen LogP contribution >= 0.6 is 0 Å². The summed E-state index contributed by atoms with van der Waals surface area (Å²) in [5, 5.41) is 16.4. The minimum absolute atomic E-state index is 0.0266. The van der Waals surface area contributed by atoms with Crippen molar-refractivity contribution in [3.63, 3.8) is 0 Å². The zero-order valence-corrected chi connectivity index (χ0v) is 12.2. The molecule has 1 fully saturated rings. The number of nitrogens with zero attached hydrogens (tertiary/aromatic N) is 4. The van der Waals surface area contributed by atoms with Crippen molar-refractivity contribution in [2.45, 2.75) is 51.5 Å². The molecular formula is C14H22N4O3. The number of carboxylic acid groups (broad SMARTS) is 1. The van der Waals surface area contributed by atoms with Crippen LogP contribution in [0.1, 0.15) is 44.2 Å². The summed E-state index contributed by atoms with van der Waals surface area (Å²) >= 11 is 0. The van der Waals surface area contributed by atoms with Gasteiger partial charge in [0.25, 0.3) is 0 Å². The summed E-state index contributed by atoms with van der Waals surface area (Å²) < 4.78 is 1.50. The lowest BCUT2D eigenvalue weighted by atomic mass is 10.1. The lowest BCUT2D eigenvalue weighted by Gasteiger charge is -2.24. The van der Waals surface area contributed by atoms with Crippen LogP contribution < -0.4 is 0 Å². The van der Waals surface area contributed by atoms with Gasteiger partial charge in [0, 0.05) is 25.7 Å². The predicted molar refractivity (Wildman–Crippen MR) is 75.6 cm³/mol. The van der Waals surface area contributed by atoms with Crippen molar-refractivity contribution in [2.24, 2.45) is 0 Å². The number of likely N-dealkylation sites (tertiary alicyclic amines) is 1. The lowest BCUT2D eigenvalue weighted by molar-refractivity contribution is -0.137. The number of carbonyl (C=O) groups is 2. The summed E-state index contributed by atoms with van der Waals surface area (Å²) in [6, 6.07) is 0. The first-order valence-electron chi connectivity index (χ1n) is 7.54. The number of hydrogen-bond acceptors (Lipinski definition) is 4. The first kappa shape index (κ1) is 15.5. The maximum atomic E-state index is 12.3. The molecule has 1 aliphatic rings. The molecule has 116 valence electrons. The van der Waals surface area contributed by atoms with E-state index in [0.717, 1.165) is 25.9 Å². The van der Waals surface area contributed by atoms with E-state index < -0.39 is 5.97 Å². The van der Waals surface area contributed by atoms with E-state index in [9.17, 15) is 9.59 Å². The molecule has 2 rings (SSSR count). The van der Waals surface area contributed by atoms with Crippen LogP contribution in [-0.4, -0.2) is 50.0 Å². The van der Waals surface area contributed by atoms with E-state index in [2.05, 4.69) is 10.3 Å². The Morgan fingerprint density at radius 1 is 1.14 bits per heavy atom. The second-order valence-corrected chi connectivity index (χ2v) is 5.45. The fraction of sp³-hybridized carbons (Fsp3) is 0.714. The molecule has 2 heterocycles. The predicted octanol–water partition coefficient (Wildman–Crippen LogP) is 1.09. The largest absolute Gasteiger partial charge is 0.481 e. The van der Waals surface area contributed by atoms with Gasteiger partial charge in [-0.2, -0.15) is 0 Å². The molecule has 21 heavy (non-hydrogen) atoms. The molecular weight excluding hydrogens is 272 g/mol. The summed E-state index contributed by atoms with van der Waals surface area (Å²) in [6.45, 7) is 1.82. The molecule has 0 saturated carbocycles. The molecule has 1 N–H and O–H groups in total. The average Bonchev–Trinajstić information content (AvgIpc) is 2.83. The zero-order chi connectivity index (χ0) is 15.1. The maximum Gasteiger partial charge on any atom is 0.303 e. The highest BCUT2D eigenvalue weighted by Gasteiger charge is 2.16. The molecule has 0 aromatic carbocycles. The molecule has 0 spiro atoms. The first-order valence-corrected chi connectivity index (χ1v) is 7.54. The third-order valence-corrected chi connectivity index (χ3v) is 3.69. The van der Waals surface area contributed by atoms with Gasteiger partial charge in [0.05, 0.1) is 12.1 Å². The number of aryl methyl sites for hydroxylation is 1. The van der Waals surface area contributed by atoms with Crippen LogP contribution in [0.3, 0.4) is 0 Å². The standard InChI is InChI=1S/C14H22N4O3/c19-13(17-8-4-2-1-3-5-9-17)11-18-10-12(15-16-18)6-7-14(20)21/h10H,1-9,11H2,(H,20,21). The molecule has 0 unspecified atom stereocenters. The van der Waals surface area contributed by atoms with Crippen LogP contribution in [0.4, 0.5) is 0 Å².